The quantitative estimate of drug-likeness (QED) is 0.385. The van der Waals surface area contributed by atoms with Crippen LogP contribution in [-0.2, 0) is 9.59 Å². The molecule has 4 rings (SSSR count). The first-order chi connectivity index (χ1) is 12.5. The Bertz CT molecular complexity index is 734. The molecule has 0 amide bonds. The molecule has 5 unspecified atom stereocenters. The molecule has 5 atom stereocenters. The van der Waals surface area contributed by atoms with Crippen molar-refractivity contribution in [3.05, 3.63) is 23.3 Å². The van der Waals surface area contributed by atoms with E-state index in [4.69, 9.17) is 0 Å². The second kappa shape index (κ2) is 6.16. The lowest BCUT2D eigenvalue weighted by molar-refractivity contribution is -0.144. The number of hydrogen-bond acceptors (Lipinski definition) is 2. The molecule has 3 fully saturated rings. The molecule has 3 saturated carbocycles. The zero-order valence-electron chi connectivity index (χ0n) is 17.9. The van der Waals surface area contributed by atoms with Gasteiger partial charge in [0.1, 0.15) is 5.78 Å². The molecule has 2 heteroatoms. The van der Waals surface area contributed by atoms with Gasteiger partial charge in [0, 0.05) is 18.3 Å². The number of allylic oxidation sites excluding steroid dienone is 4. The average molecular weight is 369 g/mol. The maximum atomic E-state index is 12.8. The second-order valence-electron chi connectivity index (χ2n) is 11.3. The minimum Gasteiger partial charge on any atom is -0.299 e. The highest BCUT2D eigenvalue weighted by molar-refractivity contribution is 5.98. The number of carbonyl (C=O) groups excluding carboxylic acids is 2. The number of Topliss-reactive ketones (excluding diaryl/α,β-unsaturated/α-hetero) is 2. The third kappa shape index (κ3) is 2.98. The number of hydrogen-bond donors (Lipinski definition) is 0. The molecule has 4 aliphatic carbocycles. The summed E-state index contributed by atoms with van der Waals surface area (Å²) in [5.74, 6) is 2.63. The van der Waals surface area contributed by atoms with E-state index >= 15 is 0 Å². The normalized spacial score (nSPS) is 43.7. The molecular weight excluding hydrogens is 332 g/mol. The van der Waals surface area contributed by atoms with Crippen LogP contribution >= 0.6 is 0 Å². The standard InChI is InChI=1S/C25H36O2/c1-23(2,3)14-16-15-25(5)17(13-21(16)26)9-10-18-19-7-6-8-22(27)24(19,4)12-11-20(18)25/h9,14,18-20H,6-8,10-13,15H2,1-5H3/b16-14+. The summed E-state index contributed by atoms with van der Waals surface area (Å²) in [7, 11) is 0. The zero-order chi connectivity index (χ0) is 19.6. The molecule has 0 heterocycles. The molecule has 0 bridgehead atoms. The van der Waals surface area contributed by atoms with Crippen molar-refractivity contribution in [1.82, 2.24) is 0 Å². The fraction of sp³-hybridized carbons (Fsp3) is 0.760. The van der Waals surface area contributed by atoms with Crippen molar-refractivity contribution in [2.24, 2.45) is 34.0 Å². The molecular formula is C25H36O2. The molecule has 0 saturated heterocycles. The highest BCUT2D eigenvalue weighted by atomic mass is 16.1. The molecule has 0 radical (unpaired) electrons. The number of ketones is 2. The van der Waals surface area contributed by atoms with Gasteiger partial charge in [-0.1, -0.05) is 52.3 Å². The van der Waals surface area contributed by atoms with E-state index in [0.717, 1.165) is 44.1 Å². The molecule has 0 aromatic heterocycles. The summed E-state index contributed by atoms with van der Waals surface area (Å²) in [6.45, 7) is 11.2. The third-order valence-corrected chi connectivity index (χ3v) is 8.45. The van der Waals surface area contributed by atoms with Crippen molar-refractivity contribution in [2.45, 2.75) is 86.0 Å². The Morgan fingerprint density at radius 2 is 1.78 bits per heavy atom. The van der Waals surface area contributed by atoms with E-state index < -0.39 is 0 Å². The molecule has 27 heavy (non-hydrogen) atoms. The second-order valence-corrected chi connectivity index (χ2v) is 11.3. The Balaban J connectivity index is 1.70. The van der Waals surface area contributed by atoms with E-state index in [-0.39, 0.29) is 16.2 Å². The van der Waals surface area contributed by atoms with Gasteiger partial charge >= 0.3 is 0 Å². The van der Waals surface area contributed by atoms with Crippen LogP contribution in [0.5, 0.6) is 0 Å². The number of rotatable bonds is 0. The number of carbonyl (C=O) groups is 2. The van der Waals surface area contributed by atoms with Gasteiger partial charge in [-0.15, -0.1) is 0 Å². The Morgan fingerprint density at radius 1 is 1.07 bits per heavy atom. The van der Waals surface area contributed by atoms with Crippen LogP contribution in [0, 0.1) is 34.0 Å². The molecule has 0 aromatic carbocycles. The summed E-state index contributed by atoms with van der Waals surface area (Å²) in [6.07, 6.45) is 12.5. The lowest BCUT2D eigenvalue weighted by Crippen LogP contribution is -2.54. The van der Waals surface area contributed by atoms with E-state index in [9.17, 15) is 9.59 Å². The Labute approximate surface area is 164 Å². The largest absolute Gasteiger partial charge is 0.299 e. The van der Waals surface area contributed by atoms with Crippen LogP contribution in [0.1, 0.15) is 86.0 Å². The maximum absolute atomic E-state index is 12.8. The lowest BCUT2D eigenvalue weighted by atomic mass is 9.45. The van der Waals surface area contributed by atoms with E-state index in [0.29, 0.717) is 35.7 Å². The van der Waals surface area contributed by atoms with Crippen molar-refractivity contribution in [2.75, 3.05) is 0 Å². The summed E-state index contributed by atoms with van der Waals surface area (Å²) in [5.41, 5.74) is 2.50. The fourth-order valence-electron chi connectivity index (χ4n) is 7.08. The van der Waals surface area contributed by atoms with Crippen LogP contribution in [0.3, 0.4) is 0 Å². The van der Waals surface area contributed by atoms with Crippen LogP contribution in [0.25, 0.3) is 0 Å². The van der Waals surface area contributed by atoms with Crippen LogP contribution in [-0.4, -0.2) is 11.6 Å². The average Bonchev–Trinajstić information content (AvgIpc) is 2.56. The Morgan fingerprint density at radius 3 is 2.48 bits per heavy atom. The lowest BCUT2D eigenvalue weighted by Gasteiger charge is -2.59. The summed E-state index contributed by atoms with van der Waals surface area (Å²) in [4.78, 5) is 25.6. The SMILES string of the molecule is CC(C)(C)/C=C1\CC2(C)C(=CCC3C4CCCC(=O)C4(C)CCC32)CC1=O. The molecule has 2 nitrogen and oxygen atoms in total. The molecule has 148 valence electrons. The Hall–Kier alpha value is -1.18. The van der Waals surface area contributed by atoms with Gasteiger partial charge in [0.25, 0.3) is 0 Å². The van der Waals surface area contributed by atoms with Gasteiger partial charge in [-0.25, -0.2) is 0 Å². The van der Waals surface area contributed by atoms with Crippen molar-refractivity contribution >= 4 is 11.6 Å². The van der Waals surface area contributed by atoms with Gasteiger partial charge in [-0.05, 0) is 72.7 Å². The van der Waals surface area contributed by atoms with E-state index in [1.165, 1.54) is 12.0 Å². The van der Waals surface area contributed by atoms with Crippen LogP contribution in [0.2, 0.25) is 0 Å². The van der Waals surface area contributed by atoms with Crippen molar-refractivity contribution in [3.8, 4) is 0 Å². The van der Waals surface area contributed by atoms with E-state index in [1.54, 1.807) is 0 Å². The third-order valence-electron chi connectivity index (χ3n) is 8.45. The first kappa shape index (κ1) is 19.2. The summed E-state index contributed by atoms with van der Waals surface area (Å²) >= 11 is 0. The number of fused-ring (bicyclic) bond motifs is 5. The fourth-order valence-corrected chi connectivity index (χ4v) is 7.08. The van der Waals surface area contributed by atoms with Crippen LogP contribution in [0.15, 0.2) is 23.3 Å². The first-order valence-corrected chi connectivity index (χ1v) is 11.0. The van der Waals surface area contributed by atoms with Gasteiger partial charge < -0.3 is 0 Å². The van der Waals surface area contributed by atoms with E-state index in [1.807, 2.05) is 0 Å². The minimum absolute atomic E-state index is 0.0393. The highest BCUT2D eigenvalue weighted by Gasteiger charge is 2.57. The Kier molecular flexibility index (Phi) is 4.37. The monoisotopic (exact) mass is 368 g/mol. The van der Waals surface area contributed by atoms with Gasteiger partial charge in [0.05, 0.1) is 0 Å². The predicted molar refractivity (Wildman–Crippen MR) is 109 cm³/mol. The smallest absolute Gasteiger partial charge is 0.162 e. The molecule has 4 aliphatic rings. The van der Waals surface area contributed by atoms with Gasteiger partial charge in [0.15, 0.2) is 5.78 Å². The topological polar surface area (TPSA) is 34.1 Å². The minimum atomic E-state index is -0.0876. The van der Waals surface area contributed by atoms with E-state index in [2.05, 4.69) is 46.8 Å². The van der Waals surface area contributed by atoms with Crippen molar-refractivity contribution < 1.29 is 9.59 Å². The summed E-state index contributed by atoms with van der Waals surface area (Å²) < 4.78 is 0. The van der Waals surface area contributed by atoms with Crippen LogP contribution < -0.4 is 0 Å². The molecule has 0 aromatic rings. The molecule has 0 spiro atoms. The van der Waals surface area contributed by atoms with Gasteiger partial charge in [0.2, 0.25) is 0 Å². The molecule has 0 N–H and O–H groups in total. The first-order valence-electron chi connectivity index (χ1n) is 11.0. The van der Waals surface area contributed by atoms with Crippen molar-refractivity contribution in [1.29, 1.82) is 0 Å². The van der Waals surface area contributed by atoms with Crippen LogP contribution in [0.4, 0.5) is 0 Å². The van der Waals surface area contributed by atoms with Gasteiger partial charge in [-0.2, -0.15) is 0 Å². The predicted octanol–water partition coefficient (Wildman–Crippen LogP) is 6.06. The van der Waals surface area contributed by atoms with Gasteiger partial charge in [-0.3, -0.25) is 9.59 Å². The summed E-state index contributed by atoms with van der Waals surface area (Å²) in [5, 5.41) is 0. The zero-order valence-corrected chi connectivity index (χ0v) is 17.9. The highest BCUT2D eigenvalue weighted by Crippen LogP contribution is 2.63. The summed E-state index contributed by atoms with van der Waals surface area (Å²) in [6, 6.07) is 0. The molecule has 0 aliphatic heterocycles. The maximum Gasteiger partial charge on any atom is 0.162 e. The van der Waals surface area contributed by atoms with Crippen molar-refractivity contribution in [3.63, 3.8) is 0 Å².